The van der Waals surface area contributed by atoms with Crippen molar-refractivity contribution in [3.8, 4) is 0 Å². The highest BCUT2D eigenvalue weighted by molar-refractivity contribution is 6.32. The van der Waals surface area contributed by atoms with E-state index in [-0.39, 0.29) is 11.5 Å². The minimum absolute atomic E-state index is 0.0515. The van der Waals surface area contributed by atoms with Gasteiger partial charge in [-0.1, -0.05) is 0 Å². The van der Waals surface area contributed by atoms with Crippen LogP contribution >= 0.6 is 11.6 Å². The monoisotopic (exact) mass is 216 g/mol. The maximum atomic E-state index is 11.1. The second-order valence-electron chi connectivity index (χ2n) is 2.60. The van der Waals surface area contributed by atoms with Crippen molar-refractivity contribution < 1.29 is 9.59 Å². The number of amides is 2. The molecule has 2 amide bonds. The number of aromatic amines is 1. The third-order valence-corrected chi connectivity index (χ3v) is 1.69. The molecule has 0 saturated heterocycles. The van der Waals surface area contributed by atoms with Crippen LogP contribution in [0.25, 0.3) is 0 Å². The van der Waals surface area contributed by atoms with Gasteiger partial charge in [-0.3, -0.25) is 9.59 Å². The molecule has 0 bridgehead atoms. The molecule has 4 N–H and O–H groups in total. The number of H-pyrrole nitrogens is 1. The molecule has 0 radical (unpaired) electrons. The van der Waals surface area contributed by atoms with Crippen molar-refractivity contribution in [2.45, 2.75) is 12.3 Å². The first-order chi connectivity index (χ1) is 6.52. The third-order valence-electron chi connectivity index (χ3n) is 1.49. The Morgan fingerprint density at radius 3 is 2.86 bits per heavy atom. The molecule has 14 heavy (non-hydrogen) atoms. The zero-order valence-corrected chi connectivity index (χ0v) is 8.13. The summed E-state index contributed by atoms with van der Waals surface area (Å²) < 4.78 is 0. The second kappa shape index (κ2) is 4.10. The zero-order chi connectivity index (χ0) is 10.7. The van der Waals surface area contributed by atoms with Crippen LogP contribution in [0.15, 0.2) is 6.33 Å². The van der Waals surface area contributed by atoms with Gasteiger partial charge in [0, 0.05) is 0 Å². The van der Waals surface area contributed by atoms with Gasteiger partial charge in [0.25, 0.3) is 5.91 Å². The maximum Gasteiger partial charge on any atom is 0.269 e. The number of nitrogens with one attached hydrogen (secondary N) is 2. The van der Waals surface area contributed by atoms with E-state index < -0.39 is 17.2 Å². The highest BCUT2D eigenvalue weighted by atomic mass is 35.5. The van der Waals surface area contributed by atoms with Gasteiger partial charge in [-0.05, 0) is 6.92 Å². The number of rotatable bonds is 3. The number of primary amides is 1. The molecule has 0 aliphatic rings. The minimum atomic E-state index is -0.701. The molecule has 0 aliphatic carbocycles. The Labute approximate surface area is 84.8 Å². The van der Waals surface area contributed by atoms with Crippen LogP contribution in [0.2, 0.25) is 0 Å². The largest absolute Gasteiger partial charge is 0.364 e. The SMILES string of the molecule is CC(Cl)C(=O)Nc1nc[nH]c1C(N)=O. The lowest BCUT2D eigenvalue weighted by Crippen LogP contribution is -2.23. The molecule has 0 saturated carbocycles. The number of carbonyl (C=O) groups is 2. The van der Waals surface area contributed by atoms with Crippen LogP contribution in [0.5, 0.6) is 0 Å². The molecular weight excluding hydrogens is 208 g/mol. The summed E-state index contributed by atoms with van der Waals surface area (Å²) in [6.45, 7) is 1.51. The van der Waals surface area contributed by atoms with Crippen molar-refractivity contribution in [1.29, 1.82) is 0 Å². The second-order valence-corrected chi connectivity index (χ2v) is 3.25. The van der Waals surface area contributed by atoms with E-state index in [2.05, 4.69) is 15.3 Å². The molecular formula is C7H9ClN4O2. The molecule has 7 heteroatoms. The van der Waals surface area contributed by atoms with Gasteiger partial charge in [-0.15, -0.1) is 11.6 Å². The topological polar surface area (TPSA) is 101 Å². The molecule has 0 aliphatic heterocycles. The molecule has 1 aromatic rings. The Balaban J connectivity index is 2.82. The first-order valence-electron chi connectivity index (χ1n) is 3.80. The van der Waals surface area contributed by atoms with E-state index in [1.807, 2.05) is 0 Å². The normalized spacial score (nSPS) is 12.1. The summed E-state index contributed by atoms with van der Waals surface area (Å²) in [7, 11) is 0. The Morgan fingerprint density at radius 1 is 1.71 bits per heavy atom. The molecule has 0 fully saturated rings. The van der Waals surface area contributed by atoms with Gasteiger partial charge in [0.15, 0.2) is 5.82 Å². The highest BCUT2D eigenvalue weighted by Crippen LogP contribution is 2.09. The standard InChI is InChI=1S/C7H9ClN4O2/c1-3(8)7(14)12-6-4(5(9)13)10-2-11-6/h2-3H,1H3,(H2,9,13)(H,10,11)(H,12,14). The lowest BCUT2D eigenvalue weighted by molar-refractivity contribution is -0.115. The fourth-order valence-electron chi connectivity index (χ4n) is 0.793. The van der Waals surface area contributed by atoms with Gasteiger partial charge in [0.05, 0.1) is 6.33 Å². The number of halogens is 1. The first kappa shape index (κ1) is 10.5. The zero-order valence-electron chi connectivity index (χ0n) is 7.37. The first-order valence-corrected chi connectivity index (χ1v) is 4.24. The molecule has 1 heterocycles. The summed E-state index contributed by atoms with van der Waals surface area (Å²) in [4.78, 5) is 28.2. The van der Waals surface area contributed by atoms with Crippen LogP contribution in [0.1, 0.15) is 17.4 Å². The number of alkyl halides is 1. The van der Waals surface area contributed by atoms with E-state index in [0.717, 1.165) is 0 Å². The molecule has 1 unspecified atom stereocenters. The van der Waals surface area contributed by atoms with Crippen molar-refractivity contribution in [2.24, 2.45) is 5.73 Å². The summed E-state index contributed by atoms with van der Waals surface area (Å²) in [6.07, 6.45) is 1.26. The summed E-state index contributed by atoms with van der Waals surface area (Å²) in [5.74, 6) is -1.05. The molecule has 6 nitrogen and oxygen atoms in total. The number of hydrogen-bond donors (Lipinski definition) is 3. The number of hydrogen-bond acceptors (Lipinski definition) is 3. The fraction of sp³-hybridized carbons (Fsp3) is 0.286. The van der Waals surface area contributed by atoms with Gasteiger partial charge < -0.3 is 16.0 Å². The average Bonchev–Trinajstić information content (AvgIpc) is 2.52. The number of carbonyl (C=O) groups excluding carboxylic acids is 2. The van der Waals surface area contributed by atoms with E-state index in [1.165, 1.54) is 13.3 Å². The van der Waals surface area contributed by atoms with Gasteiger partial charge in [-0.25, -0.2) is 4.98 Å². The summed E-state index contributed by atoms with van der Waals surface area (Å²) in [5.41, 5.74) is 5.07. The van der Waals surface area contributed by atoms with E-state index in [4.69, 9.17) is 17.3 Å². The van der Waals surface area contributed by atoms with Gasteiger partial charge in [0.1, 0.15) is 11.1 Å². The number of imidazole rings is 1. The van der Waals surface area contributed by atoms with Gasteiger partial charge in [0.2, 0.25) is 5.91 Å². The number of aromatic nitrogens is 2. The molecule has 76 valence electrons. The van der Waals surface area contributed by atoms with E-state index in [1.54, 1.807) is 0 Å². The van der Waals surface area contributed by atoms with Crippen molar-refractivity contribution in [2.75, 3.05) is 5.32 Å². The highest BCUT2D eigenvalue weighted by Gasteiger charge is 2.16. The van der Waals surface area contributed by atoms with Crippen LogP contribution in [-0.4, -0.2) is 27.2 Å². The summed E-state index contributed by atoms with van der Waals surface area (Å²) in [5, 5.41) is 1.66. The summed E-state index contributed by atoms with van der Waals surface area (Å²) >= 11 is 5.51. The molecule has 1 rings (SSSR count). The van der Waals surface area contributed by atoms with Crippen molar-refractivity contribution in [3.63, 3.8) is 0 Å². The average molecular weight is 217 g/mol. The predicted molar refractivity (Wildman–Crippen MR) is 51.1 cm³/mol. The quantitative estimate of drug-likeness (QED) is 0.624. The van der Waals surface area contributed by atoms with Crippen LogP contribution in [0.4, 0.5) is 5.82 Å². The van der Waals surface area contributed by atoms with E-state index >= 15 is 0 Å². The van der Waals surface area contributed by atoms with Crippen LogP contribution in [0, 0.1) is 0 Å². The van der Waals surface area contributed by atoms with Crippen LogP contribution in [-0.2, 0) is 4.79 Å². The molecule has 0 spiro atoms. The number of nitrogens with zero attached hydrogens (tertiary/aromatic N) is 1. The van der Waals surface area contributed by atoms with Crippen LogP contribution < -0.4 is 11.1 Å². The number of nitrogens with two attached hydrogens (primary N) is 1. The van der Waals surface area contributed by atoms with Gasteiger partial charge in [-0.2, -0.15) is 0 Å². The Hall–Kier alpha value is -1.56. The Bertz CT molecular complexity index is 360. The van der Waals surface area contributed by atoms with E-state index in [9.17, 15) is 9.59 Å². The summed E-state index contributed by atoms with van der Waals surface area (Å²) in [6, 6.07) is 0. The lowest BCUT2D eigenvalue weighted by atomic mass is 10.4. The third kappa shape index (κ3) is 2.23. The van der Waals surface area contributed by atoms with Crippen molar-refractivity contribution >= 4 is 29.2 Å². The smallest absolute Gasteiger partial charge is 0.269 e. The molecule has 1 atom stereocenters. The van der Waals surface area contributed by atoms with Gasteiger partial charge >= 0.3 is 0 Å². The fourth-order valence-corrected chi connectivity index (χ4v) is 0.848. The Kier molecular flexibility index (Phi) is 3.08. The van der Waals surface area contributed by atoms with Crippen molar-refractivity contribution in [1.82, 2.24) is 9.97 Å². The molecule has 1 aromatic heterocycles. The molecule has 0 aromatic carbocycles. The maximum absolute atomic E-state index is 11.1. The minimum Gasteiger partial charge on any atom is -0.364 e. The van der Waals surface area contributed by atoms with Crippen molar-refractivity contribution in [3.05, 3.63) is 12.0 Å². The van der Waals surface area contributed by atoms with Crippen LogP contribution in [0.3, 0.4) is 0 Å². The lowest BCUT2D eigenvalue weighted by Gasteiger charge is -2.03. The predicted octanol–water partition coefficient (Wildman–Crippen LogP) is 0.0744. The number of anilines is 1. The van der Waals surface area contributed by atoms with E-state index in [0.29, 0.717) is 0 Å². The Morgan fingerprint density at radius 2 is 2.36 bits per heavy atom.